The SMILES string of the molecule is C1CCCCC1.Nc1cc(-c2nc(NCC3CCOCC3)ccc2Br)c(Cl)cn1. The van der Waals surface area contributed by atoms with Gasteiger partial charge in [-0.15, -0.1) is 0 Å². The zero-order valence-electron chi connectivity index (χ0n) is 16.8. The third-order valence-electron chi connectivity index (χ3n) is 5.39. The highest BCUT2D eigenvalue weighted by Crippen LogP contribution is 2.33. The van der Waals surface area contributed by atoms with Gasteiger partial charge in [-0.25, -0.2) is 9.97 Å². The minimum absolute atomic E-state index is 0.415. The first kappa shape index (κ1) is 22.3. The van der Waals surface area contributed by atoms with Gasteiger partial charge in [-0.3, -0.25) is 0 Å². The van der Waals surface area contributed by atoms with Gasteiger partial charge in [-0.05, 0) is 52.9 Å². The molecule has 0 amide bonds. The Hall–Kier alpha value is -1.37. The van der Waals surface area contributed by atoms with Crippen LogP contribution in [-0.4, -0.2) is 29.7 Å². The van der Waals surface area contributed by atoms with Crippen LogP contribution in [0.15, 0.2) is 28.9 Å². The normalized spacial score (nSPS) is 17.3. The Bertz CT molecular complexity index is 768. The second-order valence-electron chi connectivity index (χ2n) is 7.67. The van der Waals surface area contributed by atoms with E-state index in [2.05, 4.69) is 31.2 Å². The largest absolute Gasteiger partial charge is 0.384 e. The molecule has 0 aromatic carbocycles. The number of anilines is 2. The molecule has 0 bridgehead atoms. The zero-order valence-corrected chi connectivity index (χ0v) is 19.1. The van der Waals surface area contributed by atoms with Crippen molar-refractivity contribution in [2.45, 2.75) is 51.4 Å². The van der Waals surface area contributed by atoms with Gasteiger partial charge >= 0.3 is 0 Å². The molecule has 0 unspecified atom stereocenters. The summed E-state index contributed by atoms with van der Waals surface area (Å²) < 4.78 is 6.25. The monoisotopic (exact) mass is 480 g/mol. The van der Waals surface area contributed by atoms with Crippen LogP contribution in [0, 0.1) is 5.92 Å². The number of nitrogens with one attached hydrogen (secondary N) is 1. The Balaban J connectivity index is 0.000000343. The van der Waals surface area contributed by atoms with Crippen LogP contribution in [0.3, 0.4) is 0 Å². The molecule has 4 rings (SSSR count). The molecule has 1 aliphatic carbocycles. The summed E-state index contributed by atoms with van der Waals surface area (Å²) in [5.74, 6) is 1.86. The van der Waals surface area contributed by atoms with E-state index in [9.17, 15) is 0 Å². The lowest BCUT2D eigenvalue weighted by Gasteiger charge is -2.22. The first-order valence-electron chi connectivity index (χ1n) is 10.5. The van der Waals surface area contributed by atoms with E-state index in [0.717, 1.165) is 54.1 Å². The number of pyridine rings is 2. The number of aromatic nitrogens is 2. The number of hydrogen-bond donors (Lipinski definition) is 2. The maximum atomic E-state index is 6.24. The average molecular weight is 482 g/mol. The van der Waals surface area contributed by atoms with Crippen molar-refractivity contribution in [1.82, 2.24) is 9.97 Å². The maximum Gasteiger partial charge on any atom is 0.126 e. The molecule has 0 spiro atoms. The summed E-state index contributed by atoms with van der Waals surface area (Å²) in [6.07, 6.45) is 12.7. The quantitative estimate of drug-likeness (QED) is 0.534. The van der Waals surface area contributed by atoms with Crippen LogP contribution in [0.1, 0.15) is 51.4 Å². The van der Waals surface area contributed by atoms with Crippen LogP contribution in [0.25, 0.3) is 11.3 Å². The van der Waals surface area contributed by atoms with E-state index in [4.69, 9.17) is 22.1 Å². The lowest BCUT2D eigenvalue weighted by atomic mass is 10.0. The molecule has 7 heteroatoms. The van der Waals surface area contributed by atoms with E-state index in [1.165, 1.54) is 38.5 Å². The van der Waals surface area contributed by atoms with Gasteiger partial charge in [0.25, 0.3) is 0 Å². The molecule has 0 atom stereocenters. The molecule has 2 fully saturated rings. The Labute approximate surface area is 186 Å². The van der Waals surface area contributed by atoms with Gasteiger partial charge in [-0.2, -0.15) is 0 Å². The Morgan fingerprint density at radius 3 is 2.41 bits per heavy atom. The Kier molecular flexibility index (Phi) is 9.02. The molecule has 5 nitrogen and oxygen atoms in total. The standard InChI is InChI=1S/C16H18BrClN4O.C6H12/c17-12-1-2-15(21-8-10-3-5-23-6-4-10)22-16(12)11-7-14(19)20-9-13(11)18;1-2-4-6-5-3-1/h1-2,7,9-10H,3-6,8H2,(H2,19,20)(H,21,22);1-6H2. The topological polar surface area (TPSA) is 73.1 Å². The fraction of sp³-hybridized carbons (Fsp3) is 0.545. The van der Waals surface area contributed by atoms with Crippen molar-refractivity contribution in [3.63, 3.8) is 0 Å². The third kappa shape index (κ3) is 7.12. The third-order valence-corrected chi connectivity index (χ3v) is 6.33. The van der Waals surface area contributed by atoms with Gasteiger partial charge in [0.2, 0.25) is 0 Å². The minimum atomic E-state index is 0.415. The fourth-order valence-electron chi connectivity index (χ4n) is 3.63. The molecule has 2 aromatic rings. The summed E-state index contributed by atoms with van der Waals surface area (Å²) in [4.78, 5) is 8.66. The van der Waals surface area contributed by atoms with Crippen LogP contribution in [0.4, 0.5) is 11.6 Å². The highest BCUT2D eigenvalue weighted by Gasteiger charge is 2.15. The van der Waals surface area contributed by atoms with Crippen molar-refractivity contribution in [3.05, 3.63) is 33.9 Å². The van der Waals surface area contributed by atoms with E-state index < -0.39 is 0 Å². The van der Waals surface area contributed by atoms with E-state index in [1.807, 2.05) is 12.1 Å². The van der Waals surface area contributed by atoms with Crippen molar-refractivity contribution < 1.29 is 4.74 Å². The Morgan fingerprint density at radius 2 is 1.76 bits per heavy atom. The number of nitrogens with two attached hydrogens (primary N) is 1. The summed E-state index contributed by atoms with van der Waals surface area (Å²) in [6.45, 7) is 2.58. The van der Waals surface area contributed by atoms with Crippen LogP contribution in [-0.2, 0) is 4.74 Å². The molecule has 2 aliphatic rings. The van der Waals surface area contributed by atoms with E-state index in [1.54, 1.807) is 12.3 Å². The van der Waals surface area contributed by atoms with Gasteiger partial charge < -0.3 is 15.8 Å². The number of halogens is 2. The number of ether oxygens (including phenoxy) is 1. The van der Waals surface area contributed by atoms with E-state index in [-0.39, 0.29) is 0 Å². The van der Waals surface area contributed by atoms with Crippen LogP contribution in [0.2, 0.25) is 5.02 Å². The summed E-state index contributed by atoms with van der Waals surface area (Å²) in [6, 6.07) is 5.64. The van der Waals surface area contributed by atoms with Gasteiger partial charge in [0, 0.05) is 36.0 Å². The van der Waals surface area contributed by atoms with Gasteiger partial charge in [0.1, 0.15) is 11.6 Å². The van der Waals surface area contributed by atoms with Gasteiger partial charge in [-0.1, -0.05) is 50.1 Å². The van der Waals surface area contributed by atoms with Crippen molar-refractivity contribution in [2.75, 3.05) is 30.8 Å². The van der Waals surface area contributed by atoms with E-state index in [0.29, 0.717) is 16.8 Å². The summed E-state index contributed by atoms with van der Waals surface area (Å²) in [5, 5.41) is 3.93. The fourth-order valence-corrected chi connectivity index (χ4v) is 4.25. The van der Waals surface area contributed by atoms with Crippen molar-refractivity contribution >= 4 is 39.2 Å². The molecular formula is C22H30BrClN4O. The predicted molar refractivity (Wildman–Crippen MR) is 124 cm³/mol. The lowest BCUT2D eigenvalue weighted by Crippen LogP contribution is -2.22. The summed E-state index contributed by atoms with van der Waals surface area (Å²) >= 11 is 9.77. The zero-order chi connectivity index (χ0) is 20.5. The highest BCUT2D eigenvalue weighted by molar-refractivity contribution is 9.10. The molecule has 29 heavy (non-hydrogen) atoms. The Morgan fingerprint density at radius 1 is 1.10 bits per heavy atom. The molecule has 3 heterocycles. The average Bonchev–Trinajstić information content (AvgIpc) is 2.77. The number of rotatable bonds is 4. The number of nitrogen functional groups attached to an aromatic ring is 1. The first-order valence-corrected chi connectivity index (χ1v) is 11.7. The van der Waals surface area contributed by atoms with Crippen molar-refractivity contribution in [2.24, 2.45) is 5.92 Å². The first-order chi connectivity index (χ1) is 14.1. The maximum absolute atomic E-state index is 6.24. The molecule has 1 aliphatic heterocycles. The molecule has 1 saturated carbocycles. The van der Waals surface area contributed by atoms with Crippen LogP contribution in [0.5, 0.6) is 0 Å². The lowest BCUT2D eigenvalue weighted by molar-refractivity contribution is 0.0699. The highest BCUT2D eigenvalue weighted by atomic mass is 79.9. The predicted octanol–water partition coefficient (Wildman–Crippen LogP) is 6.32. The molecule has 0 radical (unpaired) electrons. The van der Waals surface area contributed by atoms with Crippen LogP contribution < -0.4 is 11.1 Å². The molecular weight excluding hydrogens is 452 g/mol. The molecule has 1 saturated heterocycles. The summed E-state index contributed by atoms with van der Waals surface area (Å²) in [5.41, 5.74) is 7.28. The molecule has 3 N–H and O–H groups in total. The summed E-state index contributed by atoms with van der Waals surface area (Å²) in [7, 11) is 0. The smallest absolute Gasteiger partial charge is 0.126 e. The number of nitrogens with zero attached hydrogens (tertiary/aromatic N) is 2. The molecule has 158 valence electrons. The van der Waals surface area contributed by atoms with Crippen molar-refractivity contribution in [3.8, 4) is 11.3 Å². The van der Waals surface area contributed by atoms with Crippen LogP contribution >= 0.6 is 27.5 Å². The van der Waals surface area contributed by atoms with Crippen molar-refractivity contribution in [1.29, 1.82) is 0 Å². The minimum Gasteiger partial charge on any atom is -0.384 e. The molecule has 2 aromatic heterocycles. The van der Waals surface area contributed by atoms with Gasteiger partial charge in [0.05, 0.1) is 10.7 Å². The van der Waals surface area contributed by atoms with Gasteiger partial charge in [0.15, 0.2) is 0 Å². The number of hydrogen-bond acceptors (Lipinski definition) is 5. The second-order valence-corrected chi connectivity index (χ2v) is 8.94. The van der Waals surface area contributed by atoms with E-state index >= 15 is 0 Å². The second kappa shape index (κ2) is 11.7.